The highest BCUT2D eigenvalue weighted by atomic mass is 16.3. The van der Waals surface area contributed by atoms with E-state index in [1.54, 1.807) is 6.92 Å². The van der Waals surface area contributed by atoms with Crippen LogP contribution in [0.4, 0.5) is 0 Å². The number of amides is 1. The summed E-state index contributed by atoms with van der Waals surface area (Å²) < 4.78 is 0. The number of benzene rings is 1. The molecule has 0 bridgehead atoms. The lowest BCUT2D eigenvalue weighted by atomic mass is 10.0. The van der Waals surface area contributed by atoms with Gasteiger partial charge in [-0.15, -0.1) is 0 Å². The van der Waals surface area contributed by atoms with Crippen LogP contribution in [0.1, 0.15) is 47.7 Å². The minimum Gasteiger partial charge on any atom is -0.393 e. The van der Waals surface area contributed by atoms with Gasteiger partial charge in [0.15, 0.2) is 0 Å². The molecule has 2 unspecified atom stereocenters. The third-order valence-electron chi connectivity index (χ3n) is 3.95. The van der Waals surface area contributed by atoms with Crippen LogP contribution in [0.3, 0.4) is 0 Å². The van der Waals surface area contributed by atoms with Crippen molar-refractivity contribution in [2.45, 2.75) is 52.2 Å². The van der Waals surface area contributed by atoms with Gasteiger partial charge < -0.3 is 10.0 Å². The van der Waals surface area contributed by atoms with Crippen molar-refractivity contribution in [3.8, 4) is 0 Å². The maximum absolute atomic E-state index is 12.7. The van der Waals surface area contributed by atoms with E-state index in [1.807, 2.05) is 36.9 Å². The van der Waals surface area contributed by atoms with Crippen LogP contribution in [0, 0.1) is 13.8 Å². The first-order valence-electron chi connectivity index (χ1n) is 7.06. The second kappa shape index (κ2) is 5.74. The van der Waals surface area contributed by atoms with E-state index < -0.39 is 0 Å². The predicted octanol–water partition coefficient (Wildman–Crippen LogP) is 2.68. The fraction of sp³-hybridized carbons (Fsp3) is 0.562. The third kappa shape index (κ3) is 2.98. The van der Waals surface area contributed by atoms with Gasteiger partial charge in [-0.2, -0.15) is 0 Å². The van der Waals surface area contributed by atoms with Gasteiger partial charge in [-0.3, -0.25) is 4.79 Å². The Morgan fingerprint density at radius 2 is 2.05 bits per heavy atom. The number of carbonyl (C=O) groups excluding carboxylic acids is 1. The molecule has 1 amide bonds. The van der Waals surface area contributed by atoms with Gasteiger partial charge in [0.05, 0.1) is 6.10 Å². The van der Waals surface area contributed by atoms with Gasteiger partial charge in [0.1, 0.15) is 0 Å². The molecule has 1 aliphatic heterocycles. The summed E-state index contributed by atoms with van der Waals surface area (Å²) in [6.07, 6.45) is 2.36. The van der Waals surface area contributed by atoms with Crippen LogP contribution >= 0.6 is 0 Å². The smallest absolute Gasteiger partial charge is 0.254 e. The van der Waals surface area contributed by atoms with Crippen LogP contribution in [0.15, 0.2) is 18.2 Å². The van der Waals surface area contributed by atoms with Crippen molar-refractivity contribution in [3.05, 3.63) is 34.9 Å². The van der Waals surface area contributed by atoms with Gasteiger partial charge in [-0.1, -0.05) is 18.2 Å². The molecule has 19 heavy (non-hydrogen) atoms. The van der Waals surface area contributed by atoms with Gasteiger partial charge in [-0.25, -0.2) is 0 Å². The second-order valence-electron chi connectivity index (χ2n) is 5.65. The monoisotopic (exact) mass is 261 g/mol. The minimum absolute atomic E-state index is 0.124. The van der Waals surface area contributed by atoms with Crippen molar-refractivity contribution in [1.82, 2.24) is 4.90 Å². The predicted molar refractivity (Wildman–Crippen MR) is 76.3 cm³/mol. The maximum atomic E-state index is 12.7. The van der Waals surface area contributed by atoms with Crippen molar-refractivity contribution in [1.29, 1.82) is 0 Å². The standard InChI is InChI=1S/C16H23NO2/c1-11-6-4-7-12(2)15(11)16(19)17-9-5-8-14(17)10-13(3)18/h4,6-7,13-14,18H,5,8-10H2,1-3H3. The minimum atomic E-state index is -0.351. The molecule has 0 saturated carbocycles. The van der Waals surface area contributed by atoms with Crippen molar-refractivity contribution in [3.63, 3.8) is 0 Å². The maximum Gasteiger partial charge on any atom is 0.254 e. The molecule has 2 atom stereocenters. The molecule has 3 heteroatoms. The average Bonchev–Trinajstić information content (AvgIpc) is 2.75. The summed E-state index contributed by atoms with van der Waals surface area (Å²) in [6, 6.07) is 6.14. The first-order valence-corrected chi connectivity index (χ1v) is 7.06. The molecule has 1 heterocycles. The molecule has 0 spiro atoms. The Bertz CT molecular complexity index is 448. The number of rotatable bonds is 3. The van der Waals surface area contributed by atoms with Crippen LogP contribution in [0.25, 0.3) is 0 Å². The Labute approximate surface area is 115 Å². The molecule has 2 rings (SSSR count). The number of aliphatic hydroxyl groups is 1. The van der Waals surface area contributed by atoms with Gasteiger partial charge in [-0.05, 0) is 51.2 Å². The summed E-state index contributed by atoms with van der Waals surface area (Å²) in [6.45, 7) is 6.57. The summed E-state index contributed by atoms with van der Waals surface area (Å²) in [5.74, 6) is 0.124. The summed E-state index contributed by atoms with van der Waals surface area (Å²) >= 11 is 0. The Hall–Kier alpha value is -1.35. The Balaban J connectivity index is 2.23. The van der Waals surface area contributed by atoms with Crippen molar-refractivity contribution in [2.24, 2.45) is 0 Å². The van der Waals surface area contributed by atoms with Crippen molar-refractivity contribution in [2.75, 3.05) is 6.54 Å². The first kappa shape index (κ1) is 14.1. The van der Waals surface area contributed by atoms with Crippen LogP contribution in [-0.2, 0) is 0 Å². The summed E-state index contributed by atoms with van der Waals surface area (Å²) in [7, 11) is 0. The molecule has 0 aliphatic carbocycles. The summed E-state index contributed by atoms with van der Waals surface area (Å²) in [5, 5.41) is 9.55. The van der Waals surface area contributed by atoms with E-state index in [0.29, 0.717) is 6.42 Å². The molecular weight excluding hydrogens is 238 g/mol. The van der Waals surface area contributed by atoms with Crippen molar-refractivity contribution < 1.29 is 9.90 Å². The quantitative estimate of drug-likeness (QED) is 0.908. The van der Waals surface area contributed by atoms with E-state index in [9.17, 15) is 9.90 Å². The highest BCUT2D eigenvalue weighted by Crippen LogP contribution is 2.25. The Morgan fingerprint density at radius 3 is 2.63 bits per heavy atom. The number of aliphatic hydroxyl groups excluding tert-OH is 1. The van der Waals surface area contributed by atoms with E-state index in [1.165, 1.54) is 0 Å². The molecule has 1 aliphatic rings. The number of likely N-dealkylation sites (tertiary alicyclic amines) is 1. The van der Waals surface area contributed by atoms with Gasteiger partial charge in [0.2, 0.25) is 0 Å². The largest absolute Gasteiger partial charge is 0.393 e. The number of nitrogens with zero attached hydrogens (tertiary/aromatic N) is 1. The van der Waals surface area contributed by atoms with Crippen LogP contribution in [0.5, 0.6) is 0 Å². The van der Waals surface area contributed by atoms with Crippen LogP contribution in [-0.4, -0.2) is 34.6 Å². The van der Waals surface area contributed by atoms with Crippen LogP contribution in [0.2, 0.25) is 0 Å². The number of aryl methyl sites for hydroxylation is 2. The fourth-order valence-electron chi connectivity index (χ4n) is 3.04. The van der Waals surface area contributed by atoms with Gasteiger partial charge in [0.25, 0.3) is 5.91 Å². The SMILES string of the molecule is Cc1cccc(C)c1C(=O)N1CCCC1CC(C)O. The van der Waals surface area contributed by atoms with E-state index in [4.69, 9.17) is 0 Å². The molecule has 1 saturated heterocycles. The number of carbonyl (C=O) groups is 1. The first-order chi connectivity index (χ1) is 9.00. The highest BCUT2D eigenvalue weighted by molar-refractivity contribution is 5.97. The number of hydrogen-bond acceptors (Lipinski definition) is 2. The third-order valence-corrected chi connectivity index (χ3v) is 3.95. The van der Waals surface area contributed by atoms with Crippen molar-refractivity contribution >= 4 is 5.91 Å². The lowest BCUT2D eigenvalue weighted by Gasteiger charge is -2.27. The molecular formula is C16H23NO2. The fourth-order valence-corrected chi connectivity index (χ4v) is 3.04. The molecule has 104 valence electrons. The zero-order valence-corrected chi connectivity index (χ0v) is 12.0. The normalized spacial score (nSPS) is 20.6. The molecule has 0 radical (unpaired) electrons. The Kier molecular flexibility index (Phi) is 4.25. The molecule has 0 aromatic heterocycles. The number of hydrogen-bond donors (Lipinski definition) is 1. The zero-order valence-electron chi connectivity index (χ0n) is 12.0. The summed E-state index contributed by atoms with van der Waals surface area (Å²) in [4.78, 5) is 14.7. The molecule has 1 aromatic rings. The van der Waals surface area contributed by atoms with Gasteiger partial charge in [0, 0.05) is 18.2 Å². The second-order valence-corrected chi connectivity index (χ2v) is 5.65. The lowest BCUT2D eigenvalue weighted by Crippen LogP contribution is -2.37. The summed E-state index contributed by atoms with van der Waals surface area (Å²) in [5.41, 5.74) is 2.90. The molecule has 1 fully saturated rings. The molecule has 1 N–H and O–H groups in total. The highest BCUT2D eigenvalue weighted by Gasteiger charge is 2.31. The lowest BCUT2D eigenvalue weighted by molar-refractivity contribution is 0.0680. The Morgan fingerprint density at radius 1 is 1.42 bits per heavy atom. The van der Waals surface area contributed by atoms with E-state index in [0.717, 1.165) is 36.1 Å². The zero-order chi connectivity index (χ0) is 14.0. The van der Waals surface area contributed by atoms with E-state index >= 15 is 0 Å². The molecule has 3 nitrogen and oxygen atoms in total. The van der Waals surface area contributed by atoms with Gasteiger partial charge >= 0.3 is 0 Å². The average molecular weight is 261 g/mol. The topological polar surface area (TPSA) is 40.5 Å². The van der Waals surface area contributed by atoms with E-state index in [-0.39, 0.29) is 18.1 Å². The van der Waals surface area contributed by atoms with E-state index in [2.05, 4.69) is 0 Å². The van der Waals surface area contributed by atoms with Crippen LogP contribution < -0.4 is 0 Å². The molecule has 1 aromatic carbocycles.